The van der Waals surface area contributed by atoms with E-state index in [-0.39, 0.29) is 16.9 Å². The van der Waals surface area contributed by atoms with Gasteiger partial charge in [0.05, 0.1) is 23.8 Å². The number of methoxy groups -OCH3 is 1. The standard InChI is InChI=1S/C20H20N6O4/c1-11(24-25-12(2)21)13-4-6-15(7-5-13)22-20(27)17-9-14-8-16(30-3)10-18(26(28)29)19(14)23-17/h4-10,23H,1-3H3,(H2,21,25)(H,22,27)/b24-11-. The topological polar surface area (TPSA) is 148 Å². The lowest BCUT2D eigenvalue weighted by molar-refractivity contribution is -0.383. The predicted molar refractivity (Wildman–Crippen MR) is 115 cm³/mol. The molecule has 10 nitrogen and oxygen atoms in total. The summed E-state index contributed by atoms with van der Waals surface area (Å²) in [6.07, 6.45) is 0. The predicted octanol–water partition coefficient (Wildman–Crippen LogP) is 3.44. The second-order valence-corrected chi connectivity index (χ2v) is 6.51. The number of nitrogens with two attached hydrogens (primary N) is 1. The summed E-state index contributed by atoms with van der Waals surface area (Å²) in [6, 6.07) is 11.5. The van der Waals surface area contributed by atoms with E-state index in [0.29, 0.717) is 28.4 Å². The van der Waals surface area contributed by atoms with Crippen molar-refractivity contribution >= 4 is 39.7 Å². The molecule has 10 heteroatoms. The number of anilines is 1. The molecule has 0 aliphatic heterocycles. The lowest BCUT2D eigenvalue weighted by atomic mass is 10.1. The molecule has 0 saturated carbocycles. The van der Waals surface area contributed by atoms with Gasteiger partial charge in [0.2, 0.25) is 0 Å². The van der Waals surface area contributed by atoms with Crippen molar-refractivity contribution in [2.24, 2.45) is 15.9 Å². The first-order valence-electron chi connectivity index (χ1n) is 8.89. The number of non-ortho nitro benzene ring substituents is 1. The lowest BCUT2D eigenvalue weighted by Gasteiger charge is -2.05. The number of nitro benzene ring substituents is 1. The number of nitrogens with zero attached hydrogens (tertiary/aromatic N) is 3. The van der Waals surface area contributed by atoms with Gasteiger partial charge in [0.1, 0.15) is 22.8 Å². The monoisotopic (exact) mass is 408 g/mol. The Kier molecular flexibility index (Phi) is 5.77. The molecule has 2 aromatic carbocycles. The highest BCUT2D eigenvalue weighted by Crippen LogP contribution is 2.31. The maximum atomic E-state index is 12.6. The zero-order valence-corrected chi connectivity index (χ0v) is 16.6. The van der Waals surface area contributed by atoms with Crippen LogP contribution in [0.1, 0.15) is 29.9 Å². The highest BCUT2D eigenvalue weighted by atomic mass is 16.6. The number of aromatic nitrogens is 1. The van der Waals surface area contributed by atoms with E-state index in [1.54, 1.807) is 50.2 Å². The molecule has 1 aromatic heterocycles. The van der Waals surface area contributed by atoms with Crippen molar-refractivity contribution in [3.63, 3.8) is 0 Å². The van der Waals surface area contributed by atoms with E-state index >= 15 is 0 Å². The largest absolute Gasteiger partial charge is 0.496 e. The molecule has 0 aliphatic carbocycles. The van der Waals surface area contributed by atoms with Gasteiger partial charge >= 0.3 is 0 Å². The van der Waals surface area contributed by atoms with E-state index < -0.39 is 10.8 Å². The van der Waals surface area contributed by atoms with Crippen LogP contribution in [0.25, 0.3) is 10.9 Å². The molecule has 0 saturated heterocycles. The van der Waals surface area contributed by atoms with Crippen LogP contribution < -0.4 is 15.8 Å². The number of aromatic amines is 1. The first kappa shape index (κ1) is 20.5. The molecule has 0 aliphatic rings. The number of carbonyl (C=O) groups excluding carboxylic acids is 1. The van der Waals surface area contributed by atoms with Gasteiger partial charge < -0.3 is 20.8 Å². The van der Waals surface area contributed by atoms with Crippen LogP contribution in [0.15, 0.2) is 52.7 Å². The van der Waals surface area contributed by atoms with E-state index in [1.807, 2.05) is 0 Å². The number of ether oxygens (including phenoxy) is 1. The highest BCUT2D eigenvalue weighted by molar-refractivity contribution is 6.07. The Morgan fingerprint density at radius 3 is 2.47 bits per heavy atom. The quantitative estimate of drug-likeness (QED) is 0.247. The Hall–Kier alpha value is -4.21. The van der Waals surface area contributed by atoms with Crippen LogP contribution in [0.2, 0.25) is 0 Å². The zero-order chi connectivity index (χ0) is 21.8. The molecule has 3 rings (SSSR count). The van der Waals surface area contributed by atoms with Crippen LogP contribution in [-0.4, -0.2) is 34.5 Å². The molecule has 0 fully saturated rings. The van der Waals surface area contributed by atoms with Crippen LogP contribution >= 0.6 is 0 Å². The van der Waals surface area contributed by atoms with Gasteiger partial charge in [-0.25, -0.2) is 0 Å². The fourth-order valence-electron chi connectivity index (χ4n) is 2.79. The van der Waals surface area contributed by atoms with Crippen molar-refractivity contribution < 1.29 is 14.5 Å². The lowest BCUT2D eigenvalue weighted by Crippen LogP contribution is -2.12. The van der Waals surface area contributed by atoms with Gasteiger partial charge in [0.15, 0.2) is 0 Å². The SMILES string of the molecule is COc1cc([N+](=O)[O-])c2[nH]c(C(=O)Nc3ccc(/C(C)=N\N=C(C)N)cc3)cc2c1. The molecule has 1 amide bonds. The van der Waals surface area contributed by atoms with Crippen molar-refractivity contribution in [2.45, 2.75) is 13.8 Å². The summed E-state index contributed by atoms with van der Waals surface area (Å²) in [5.74, 6) is 0.261. The average molecular weight is 408 g/mol. The van der Waals surface area contributed by atoms with Crippen LogP contribution in [0.3, 0.4) is 0 Å². The summed E-state index contributed by atoms with van der Waals surface area (Å²) in [7, 11) is 1.42. The second kappa shape index (κ2) is 8.43. The normalized spacial score (nSPS) is 12.1. The van der Waals surface area contributed by atoms with Crippen LogP contribution in [-0.2, 0) is 0 Å². The number of amidine groups is 1. The average Bonchev–Trinajstić information content (AvgIpc) is 3.15. The number of H-pyrrole nitrogens is 1. The number of benzene rings is 2. The molecule has 0 unspecified atom stereocenters. The van der Waals surface area contributed by atoms with Crippen molar-refractivity contribution in [2.75, 3.05) is 12.4 Å². The van der Waals surface area contributed by atoms with Gasteiger partial charge in [-0.15, -0.1) is 5.10 Å². The van der Waals surface area contributed by atoms with E-state index in [0.717, 1.165) is 5.56 Å². The number of fused-ring (bicyclic) bond motifs is 1. The fraction of sp³-hybridized carbons (Fsp3) is 0.150. The molecule has 0 bridgehead atoms. The minimum absolute atomic E-state index is 0.169. The van der Waals surface area contributed by atoms with Crippen molar-refractivity contribution in [1.29, 1.82) is 0 Å². The van der Waals surface area contributed by atoms with Gasteiger partial charge in [-0.05, 0) is 43.7 Å². The van der Waals surface area contributed by atoms with Gasteiger partial charge in [0, 0.05) is 11.1 Å². The zero-order valence-electron chi connectivity index (χ0n) is 16.6. The Balaban J connectivity index is 1.83. The molecule has 0 atom stereocenters. The van der Waals surface area contributed by atoms with E-state index in [1.165, 1.54) is 13.2 Å². The van der Waals surface area contributed by atoms with E-state index in [4.69, 9.17) is 10.5 Å². The first-order valence-corrected chi connectivity index (χ1v) is 8.89. The molecule has 154 valence electrons. The molecular formula is C20H20N6O4. The van der Waals surface area contributed by atoms with Crippen molar-refractivity contribution in [1.82, 2.24) is 4.98 Å². The number of hydrogen-bond donors (Lipinski definition) is 3. The molecule has 1 heterocycles. The summed E-state index contributed by atoms with van der Waals surface area (Å²) in [6.45, 7) is 3.44. The molecule has 0 radical (unpaired) electrons. The molecule has 3 aromatic rings. The van der Waals surface area contributed by atoms with Gasteiger partial charge in [-0.2, -0.15) is 5.10 Å². The Labute approximate surface area is 171 Å². The number of rotatable bonds is 6. The molecule has 4 N–H and O–H groups in total. The summed E-state index contributed by atoms with van der Waals surface area (Å²) in [5, 5.41) is 22.4. The Morgan fingerprint density at radius 1 is 1.17 bits per heavy atom. The minimum Gasteiger partial charge on any atom is -0.496 e. The molecular weight excluding hydrogens is 388 g/mol. The summed E-state index contributed by atoms with van der Waals surface area (Å²) in [5.41, 5.74) is 7.80. The summed E-state index contributed by atoms with van der Waals surface area (Å²) < 4.78 is 5.10. The number of amides is 1. The highest BCUT2D eigenvalue weighted by Gasteiger charge is 2.19. The molecule has 30 heavy (non-hydrogen) atoms. The first-order chi connectivity index (χ1) is 14.3. The maximum absolute atomic E-state index is 12.6. The second-order valence-electron chi connectivity index (χ2n) is 6.51. The van der Waals surface area contributed by atoms with Crippen LogP contribution in [0.5, 0.6) is 5.75 Å². The number of hydrogen-bond acceptors (Lipinski definition) is 6. The van der Waals surface area contributed by atoms with Crippen LogP contribution in [0, 0.1) is 10.1 Å². The van der Waals surface area contributed by atoms with Crippen LogP contribution in [0.4, 0.5) is 11.4 Å². The third-order valence-corrected chi connectivity index (χ3v) is 4.28. The summed E-state index contributed by atoms with van der Waals surface area (Å²) >= 11 is 0. The Bertz CT molecular complexity index is 1170. The third-order valence-electron chi connectivity index (χ3n) is 4.28. The third kappa shape index (κ3) is 4.43. The van der Waals surface area contributed by atoms with Gasteiger partial charge in [-0.1, -0.05) is 12.1 Å². The number of carbonyl (C=O) groups is 1. The Morgan fingerprint density at radius 2 is 1.87 bits per heavy atom. The van der Waals surface area contributed by atoms with Gasteiger partial charge in [0.25, 0.3) is 11.6 Å². The maximum Gasteiger partial charge on any atom is 0.296 e. The van der Waals surface area contributed by atoms with E-state index in [9.17, 15) is 14.9 Å². The number of nitrogens with one attached hydrogen (secondary N) is 2. The van der Waals surface area contributed by atoms with Crippen molar-refractivity contribution in [3.05, 3.63) is 63.8 Å². The smallest absolute Gasteiger partial charge is 0.296 e. The van der Waals surface area contributed by atoms with Crippen molar-refractivity contribution in [3.8, 4) is 5.75 Å². The minimum atomic E-state index is -0.526. The summed E-state index contributed by atoms with van der Waals surface area (Å²) in [4.78, 5) is 26.2. The fourth-order valence-corrected chi connectivity index (χ4v) is 2.79. The number of nitro groups is 1. The van der Waals surface area contributed by atoms with E-state index in [2.05, 4.69) is 20.5 Å². The van der Waals surface area contributed by atoms with Gasteiger partial charge in [-0.3, -0.25) is 14.9 Å². The molecule has 0 spiro atoms.